The number of nitrogens with zero attached hydrogens (tertiary/aromatic N) is 2. The first-order valence-electron chi connectivity index (χ1n) is 9.29. The molecule has 32 heavy (non-hydrogen) atoms. The molecule has 1 aliphatic rings. The Morgan fingerprint density at radius 2 is 1.84 bits per heavy atom. The largest absolute Gasteiger partial charge is 0.493 e. The van der Waals surface area contributed by atoms with Crippen LogP contribution in [-0.2, 0) is 9.59 Å². The average Bonchev–Trinajstić information content (AvgIpc) is 3.06. The molecule has 2 aromatic rings. The summed E-state index contributed by atoms with van der Waals surface area (Å²) in [5.74, 6) is 0.227. The van der Waals surface area contributed by atoms with Gasteiger partial charge in [0.2, 0.25) is 5.91 Å². The van der Waals surface area contributed by atoms with Gasteiger partial charge in [-0.2, -0.15) is 0 Å². The molecular formula is C21H19N3O6S2. The van der Waals surface area contributed by atoms with Crippen molar-refractivity contribution in [3.05, 3.63) is 63.0 Å². The molecule has 1 atom stereocenters. The standard InChI is InChI=1S/C21H19N3O6S2/c1-12(19(25)22-14-5-7-15(8-6-14)24(27)28)23-20(26)18(32-21(23)31)11-13-4-9-16(29-2)17(10-13)30-3/h4-12H,1-3H3,(H,22,25)/b18-11-. The summed E-state index contributed by atoms with van der Waals surface area (Å²) in [6.07, 6.45) is 1.67. The normalized spacial score (nSPS) is 15.6. The highest BCUT2D eigenvalue weighted by molar-refractivity contribution is 8.26. The van der Waals surface area contributed by atoms with Gasteiger partial charge in [-0.15, -0.1) is 0 Å². The Labute approximate surface area is 193 Å². The molecule has 0 spiro atoms. The lowest BCUT2D eigenvalue weighted by molar-refractivity contribution is -0.384. The smallest absolute Gasteiger partial charge is 0.269 e. The van der Waals surface area contributed by atoms with Gasteiger partial charge in [0.25, 0.3) is 11.6 Å². The Kier molecular flexibility index (Phi) is 7.11. The van der Waals surface area contributed by atoms with E-state index in [9.17, 15) is 19.7 Å². The SMILES string of the molecule is COc1ccc(/C=C2\SC(=S)N(C(C)C(=O)Nc3ccc([N+](=O)[O-])cc3)C2=O)cc1OC. The van der Waals surface area contributed by atoms with Gasteiger partial charge in [-0.3, -0.25) is 24.6 Å². The van der Waals surface area contributed by atoms with Gasteiger partial charge in [0.05, 0.1) is 24.0 Å². The first-order chi connectivity index (χ1) is 15.2. The molecule has 0 saturated carbocycles. The zero-order chi connectivity index (χ0) is 23.4. The van der Waals surface area contributed by atoms with Gasteiger partial charge < -0.3 is 14.8 Å². The number of nitro benzene ring substituents is 1. The molecule has 1 heterocycles. The molecule has 1 aliphatic heterocycles. The Morgan fingerprint density at radius 1 is 1.19 bits per heavy atom. The van der Waals surface area contributed by atoms with Crippen LogP contribution in [0.1, 0.15) is 12.5 Å². The highest BCUT2D eigenvalue weighted by Gasteiger charge is 2.38. The minimum atomic E-state index is -0.881. The number of thiocarbonyl (C=S) groups is 1. The van der Waals surface area contributed by atoms with Crippen molar-refractivity contribution in [1.29, 1.82) is 0 Å². The number of amides is 2. The number of methoxy groups -OCH3 is 2. The van der Waals surface area contributed by atoms with Gasteiger partial charge in [-0.05, 0) is 42.8 Å². The van der Waals surface area contributed by atoms with Crippen LogP contribution >= 0.6 is 24.0 Å². The molecule has 0 aromatic heterocycles. The van der Waals surface area contributed by atoms with Crippen LogP contribution in [-0.4, -0.2) is 46.2 Å². The van der Waals surface area contributed by atoms with Crippen molar-refractivity contribution in [3.63, 3.8) is 0 Å². The zero-order valence-corrected chi connectivity index (χ0v) is 19.0. The zero-order valence-electron chi connectivity index (χ0n) is 17.4. The molecule has 1 fully saturated rings. The summed E-state index contributed by atoms with van der Waals surface area (Å²) >= 11 is 6.43. The Hall–Kier alpha value is -3.44. The van der Waals surface area contributed by atoms with E-state index >= 15 is 0 Å². The third-order valence-corrected chi connectivity index (χ3v) is 5.97. The van der Waals surface area contributed by atoms with Crippen LogP contribution in [0.3, 0.4) is 0 Å². The molecule has 0 radical (unpaired) electrons. The van der Waals surface area contributed by atoms with Crippen molar-refractivity contribution >= 4 is 57.6 Å². The quantitative estimate of drug-likeness (QED) is 0.279. The predicted molar refractivity (Wildman–Crippen MR) is 126 cm³/mol. The summed E-state index contributed by atoms with van der Waals surface area (Å²) in [5, 5.41) is 13.4. The molecule has 11 heteroatoms. The molecule has 166 valence electrons. The van der Waals surface area contributed by atoms with Gasteiger partial charge in [0, 0.05) is 17.8 Å². The second-order valence-electron chi connectivity index (χ2n) is 6.64. The highest BCUT2D eigenvalue weighted by Crippen LogP contribution is 2.35. The van der Waals surface area contributed by atoms with E-state index in [1.54, 1.807) is 31.2 Å². The number of nitro groups is 1. The number of carbonyl (C=O) groups is 2. The number of thioether (sulfide) groups is 1. The number of non-ortho nitro benzene ring substituents is 1. The van der Waals surface area contributed by atoms with Gasteiger partial charge in [-0.25, -0.2) is 0 Å². The van der Waals surface area contributed by atoms with Crippen molar-refractivity contribution in [2.24, 2.45) is 0 Å². The Bertz CT molecular complexity index is 1120. The molecule has 9 nitrogen and oxygen atoms in total. The summed E-state index contributed by atoms with van der Waals surface area (Å²) < 4.78 is 10.8. The van der Waals surface area contributed by atoms with Crippen molar-refractivity contribution in [2.45, 2.75) is 13.0 Å². The molecule has 0 aliphatic carbocycles. The van der Waals surface area contributed by atoms with Crippen LogP contribution in [0.2, 0.25) is 0 Å². The van der Waals surface area contributed by atoms with E-state index in [-0.39, 0.29) is 15.9 Å². The molecule has 0 bridgehead atoms. The van der Waals surface area contributed by atoms with E-state index in [1.165, 1.54) is 43.4 Å². The maximum atomic E-state index is 13.0. The summed E-state index contributed by atoms with van der Waals surface area (Å²) in [6, 6.07) is 9.76. The first-order valence-corrected chi connectivity index (χ1v) is 10.5. The number of hydrogen-bond acceptors (Lipinski definition) is 8. The van der Waals surface area contributed by atoms with Crippen molar-refractivity contribution in [2.75, 3.05) is 19.5 Å². The molecular weight excluding hydrogens is 454 g/mol. The number of rotatable bonds is 7. The van der Waals surface area contributed by atoms with Crippen LogP contribution in [0, 0.1) is 10.1 Å². The molecule has 1 unspecified atom stereocenters. The van der Waals surface area contributed by atoms with E-state index in [4.69, 9.17) is 21.7 Å². The minimum absolute atomic E-state index is 0.0895. The van der Waals surface area contributed by atoms with Crippen LogP contribution in [0.25, 0.3) is 6.08 Å². The molecule has 3 rings (SSSR count). The Balaban J connectivity index is 1.75. The maximum absolute atomic E-state index is 13.0. The average molecular weight is 474 g/mol. The molecule has 1 saturated heterocycles. The minimum Gasteiger partial charge on any atom is -0.493 e. The topological polar surface area (TPSA) is 111 Å². The number of nitrogens with one attached hydrogen (secondary N) is 1. The second-order valence-corrected chi connectivity index (χ2v) is 8.31. The number of anilines is 1. The molecule has 2 aromatic carbocycles. The summed E-state index contributed by atoms with van der Waals surface area (Å²) in [5.41, 5.74) is 0.998. The number of ether oxygens (including phenoxy) is 2. The van der Waals surface area contributed by atoms with E-state index in [2.05, 4.69) is 5.32 Å². The first kappa shape index (κ1) is 23.2. The number of carbonyl (C=O) groups excluding carboxylic acids is 2. The lowest BCUT2D eigenvalue weighted by atomic mass is 10.1. The van der Waals surface area contributed by atoms with Crippen LogP contribution in [0.5, 0.6) is 11.5 Å². The van der Waals surface area contributed by atoms with Crippen molar-refractivity contribution in [1.82, 2.24) is 4.90 Å². The summed E-state index contributed by atoms with van der Waals surface area (Å²) in [7, 11) is 3.05. The molecule has 2 amide bonds. The third kappa shape index (κ3) is 4.89. The van der Waals surface area contributed by atoms with Crippen LogP contribution in [0.15, 0.2) is 47.4 Å². The maximum Gasteiger partial charge on any atom is 0.269 e. The molecule has 1 N–H and O–H groups in total. The fourth-order valence-corrected chi connectivity index (χ4v) is 4.36. The van der Waals surface area contributed by atoms with Gasteiger partial charge in [0.15, 0.2) is 11.5 Å². The van der Waals surface area contributed by atoms with E-state index in [0.29, 0.717) is 27.7 Å². The lowest BCUT2D eigenvalue weighted by Gasteiger charge is -2.22. The van der Waals surface area contributed by atoms with Crippen LogP contribution in [0.4, 0.5) is 11.4 Å². The summed E-state index contributed by atoms with van der Waals surface area (Å²) in [6.45, 7) is 1.56. The fourth-order valence-electron chi connectivity index (χ4n) is 2.94. The van der Waals surface area contributed by atoms with Gasteiger partial charge >= 0.3 is 0 Å². The lowest BCUT2D eigenvalue weighted by Crippen LogP contribution is -2.44. The number of benzene rings is 2. The van der Waals surface area contributed by atoms with E-state index in [1.807, 2.05) is 0 Å². The highest BCUT2D eigenvalue weighted by atomic mass is 32.2. The predicted octanol–water partition coefficient (Wildman–Crippen LogP) is 3.84. The fraction of sp³-hybridized carbons (Fsp3) is 0.190. The Morgan fingerprint density at radius 3 is 2.44 bits per heavy atom. The monoisotopic (exact) mass is 473 g/mol. The second kappa shape index (κ2) is 9.79. The van der Waals surface area contributed by atoms with Gasteiger partial charge in [-0.1, -0.05) is 30.0 Å². The van der Waals surface area contributed by atoms with Crippen molar-refractivity contribution < 1.29 is 24.0 Å². The number of hydrogen-bond donors (Lipinski definition) is 1. The van der Waals surface area contributed by atoms with E-state index < -0.39 is 16.9 Å². The van der Waals surface area contributed by atoms with Crippen LogP contribution < -0.4 is 14.8 Å². The third-order valence-electron chi connectivity index (χ3n) is 4.64. The summed E-state index contributed by atoms with van der Waals surface area (Å²) in [4.78, 5) is 37.5. The van der Waals surface area contributed by atoms with E-state index in [0.717, 1.165) is 11.8 Å². The van der Waals surface area contributed by atoms with Crippen molar-refractivity contribution in [3.8, 4) is 11.5 Å². The van der Waals surface area contributed by atoms with Gasteiger partial charge in [0.1, 0.15) is 10.4 Å².